The number of benzene rings is 1. The molecule has 0 spiro atoms. The van der Waals surface area contributed by atoms with Gasteiger partial charge < -0.3 is 5.32 Å². The quantitative estimate of drug-likeness (QED) is 0.783. The van der Waals surface area contributed by atoms with E-state index in [1.807, 2.05) is 0 Å². The number of hydrogen-bond donors (Lipinski definition) is 2. The van der Waals surface area contributed by atoms with E-state index in [0.29, 0.717) is 0 Å². The number of sulfonamides is 1. The number of alkyl halides is 3. The SMILES string of the molecule is CNCc1cc(F)c(F)c(S(=O)(=O)NCCC(F)(F)F)c1. The standard InChI is InChI=1S/C11H13F5N2O2S/c1-17-6-7-4-8(12)10(13)9(5-7)21(19,20)18-3-2-11(14,15)16/h4-5,17-18H,2-3,6H2,1H3. The molecule has 0 heterocycles. The molecule has 0 fully saturated rings. The van der Waals surface area contributed by atoms with Gasteiger partial charge in [-0.15, -0.1) is 0 Å². The van der Waals surface area contributed by atoms with Crippen LogP contribution in [0, 0.1) is 11.6 Å². The van der Waals surface area contributed by atoms with Crippen LogP contribution in [-0.2, 0) is 16.6 Å². The third-order valence-electron chi connectivity index (χ3n) is 2.43. The zero-order chi connectivity index (χ0) is 16.3. The van der Waals surface area contributed by atoms with Gasteiger partial charge in [0.1, 0.15) is 4.90 Å². The first-order chi connectivity index (χ1) is 9.57. The summed E-state index contributed by atoms with van der Waals surface area (Å²) in [5, 5.41) is 2.62. The Bertz CT molecular complexity index is 601. The van der Waals surface area contributed by atoms with Gasteiger partial charge in [-0.25, -0.2) is 21.9 Å². The lowest BCUT2D eigenvalue weighted by Crippen LogP contribution is -2.29. The minimum Gasteiger partial charge on any atom is -0.316 e. The first-order valence-electron chi connectivity index (χ1n) is 5.76. The van der Waals surface area contributed by atoms with Crippen molar-refractivity contribution in [3.63, 3.8) is 0 Å². The van der Waals surface area contributed by atoms with Crippen molar-refractivity contribution in [1.82, 2.24) is 10.0 Å². The Morgan fingerprint density at radius 3 is 2.33 bits per heavy atom. The molecule has 0 saturated heterocycles. The van der Waals surface area contributed by atoms with E-state index in [1.165, 1.54) is 7.05 Å². The van der Waals surface area contributed by atoms with E-state index in [2.05, 4.69) is 5.32 Å². The number of nitrogens with one attached hydrogen (secondary N) is 2. The predicted molar refractivity (Wildman–Crippen MR) is 65.0 cm³/mol. The van der Waals surface area contributed by atoms with Crippen molar-refractivity contribution in [2.24, 2.45) is 0 Å². The van der Waals surface area contributed by atoms with Crippen LogP contribution in [0.4, 0.5) is 22.0 Å². The molecule has 0 aliphatic heterocycles. The largest absolute Gasteiger partial charge is 0.390 e. The van der Waals surface area contributed by atoms with Crippen molar-refractivity contribution in [1.29, 1.82) is 0 Å². The lowest BCUT2D eigenvalue weighted by Gasteiger charge is -2.11. The van der Waals surface area contributed by atoms with Crippen LogP contribution in [0.5, 0.6) is 0 Å². The average Bonchev–Trinajstić information content (AvgIpc) is 2.31. The molecule has 0 aliphatic rings. The smallest absolute Gasteiger partial charge is 0.316 e. The summed E-state index contributed by atoms with van der Waals surface area (Å²) in [7, 11) is -3.06. The number of hydrogen-bond acceptors (Lipinski definition) is 3. The van der Waals surface area contributed by atoms with E-state index in [9.17, 15) is 30.4 Å². The van der Waals surface area contributed by atoms with Crippen molar-refractivity contribution in [3.8, 4) is 0 Å². The van der Waals surface area contributed by atoms with Gasteiger partial charge in [-0.05, 0) is 24.7 Å². The summed E-state index contributed by atoms with van der Waals surface area (Å²) >= 11 is 0. The first-order valence-corrected chi connectivity index (χ1v) is 7.24. The van der Waals surface area contributed by atoms with Gasteiger partial charge in [-0.3, -0.25) is 0 Å². The van der Waals surface area contributed by atoms with Crippen molar-refractivity contribution in [2.45, 2.75) is 24.0 Å². The maximum Gasteiger partial charge on any atom is 0.390 e. The van der Waals surface area contributed by atoms with Crippen molar-refractivity contribution < 1.29 is 30.4 Å². The Kier molecular flexibility index (Phi) is 5.65. The summed E-state index contributed by atoms with van der Waals surface area (Å²) in [6.07, 6.45) is -5.97. The molecule has 0 unspecified atom stereocenters. The molecule has 0 aromatic heterocycles. The van der Waals surface area contributed by atoms with E-state index in [0.717, 1.165) is 12.1 Å². The monoisotopic (exact) mass is 332 g/mol. The maximum absolute atomic E-state index is 13.5. The minimum atomic E-state index is -4.57. The van der Waals surface area contributed by atoms with Crippen LogP contribution in [-0.4, -0.2) is 28.2 Å². The number of halogens is 5. The zero-order valence-electron chi connectivity index (χ0n) is 10.9. The number of rotatable bonds is 6. The summed E-state index contributed by atoms with van der Waals surface area (Å²) in [6, 6.07) is 1.67. The van der Waals surface area contributed by atoms with Gasteiger partial charge in [0.05, 0.1) is 6.42 Å². The van der Waals surface area contributed by atoms with Crippen LogP contribution in [0.2, 0.25) is 0 Å². The molecule has 21 heavy (non-hydrogen) atoms. The highest BCUT2D eigenvalue weighted by atomic mass is 32.2. The fourth-order valence-corrected chi connectivity index (χ4v) is 2.69. The fourth-order valence-electron chi connectivity index (χ4n) is 1.52. The molecule has 0 radical (unpaired) electrons. The third-order valence-corrected chi connectivity index (χ3v) is 3.89. The second-order valence-corrected chi connectivity index (χ2v) is 5.92. The van der Waals surface area contributed by atoms with Gasteiger partial charge in [-0.1, -0.05) is 0 Å². The van der Waals surface area contributed by atoms with Gasteiger partial charge in [0.25, 0.3) is 0 Å². The Morgan fingerprint density at radius 1 is 1.19 bits per heavy atom. The molecule has 0 saturated carbocycles. The molecule has 0 aliphatic carbocycles. The maximum atomic E-state index is 13.5. The third kappa shape index (κ3) is 5.21. The lowest BCUT2D eigenvalue weighted by atomic mass is 10.2. The summed E-state index contributed by atoms with van der Waals surface area (Å²) in [5.74, 6) is -3.02. The van der Waals surface area contributed by atoms with E-state index in [4.69, 9.17) is 0 Å². The van der Waals surface area contributed by atoms with Crippen molar-refractivity contribution >= 4 is 10.0 Å². The van der Waals surface area contributed by atoms with Crippen LogP contribution >= 0.6 is 0 Å². The van der Waals surface area contributed by atoms with Gasteiger partial charge >= 0.3 is 6.18 Å². The predicted octanol–water partition coefficient (Wildman–Crippen LogP) is 1.91. The Morgan fingerprint density at radius 2 is 1.81 bits per heavy atom. The van der Waals surface area contributed by atoms with Crippen LogP contribution in [0.3, 0.4) is 0 Å². The van der Waals surface area contributed by atoms with Crippen LogP contribution in [0.25, 0.3) is 0 Å². The van der Waals surface area contributed by atoms with Crippen molar-refractivity contribution in [2.75, 3.05) is 13.6 Å². The van der Waals surface area contributed by atoms with E-state index >= 15 is 0 Å². The highest BCUT2D eigenvalue weighted by Crippen LogP contribution is 2.21. The molecule has 10 heteroatoms. The molecule has 120 valence electrons. The lowest BCUT2D eigenvalue weighted by molar-refractivity contribution is -0.132. The Labute approximate surface area is 118 Å². The highest BCUT2D eigenvalue weighted by Gasteiger charge is 2.29. The molecule has 2 N–H and O–H groups in total. The molecular formula is C11H13F5N2O2S. The van der Waals surface area contributed by atoms with Crippen molar-refractivity contribution in [3.05, 3.63) is 29.3 Å². The van der Waals surface area contributed by atoms with E-state index in [1.54, 1.807) is 4.72 Å². The second-order valence-electron chi connectivity index (χ2n) is 4.18. The van der Waals surface area contributed by atoms with Gasteiger partial charge in [0.15, 0.2) is 11.6 Å². The summed E-state index contributed by atoms with van der Waals surface area (Å²) in [6.45, 7) is -0.884. The zero-order valence-corrected chi connectivity index (χ0v) is 11.7. The molecule has 1 aromatic rings. The van der Waals surface area contributed by atoms with Gasteiger partial charge in [0.2, 0.25) is 10.0 Å². The van der Waals surface area contributed by atoms with E-state index in [-0.39, 0.29) is 12.1 Å². The van der Waals surface area contributed by atoms with E-state index < -0.39 is 45.7 Å². The summed E-state index contributed by atoms with van der Waals surface area (Å²) < 4.78 is 87.8. The van der Waals surface area contributed by atoms with Gasteiger partial charge in [0, 0.05) is 13.1 Å². The molecule has 0 amide bonds. The van der Waals surface area contributed by atoms with Crippen LogP contribution < -0.4 is 10.0 Å². The molecule has 4 nitrogen and oxygen atoms in total. The molecule has 1 rings (SSSR count). The topological polar surface area (TPSA) is 58.2 Å². The summed E-state index contributed by atoms with van der Waals surface area (Å²) in [5.41, 5.74) is 0.146. The second kappa shape index (κ2) is 6.67. The van der Waals surface area contributed by atoms with Crippen LogP contribution in [0.1, 0.15) is 12.0 Å². The van der Waals surface area contributed by atoms with Gasteiger partial charge in [-0.2, -0.15) is 13.2 Å². The first kappa shape index (κ1) is 17.8. The molecular weight excluding hydrogens is 319 g/mol. The highest BCUT2D eigenvalue weighted by molar-refractivity contribution is 7.89. The molecule has 0 atom stereocenters. The molecule has 1 aromatic carbocycles. The minimum absolute atomic E-state index is 0.0717. The Hall–Kier alpha value is -1.26. The normalized spacial score (nSPS) is 12.7. The Balaban J connectivity index is 3.02. The molecule has 0 bridgehead atoms. The summed E-state index contributed by atoms with van der Waals surface area (Å²) in [4.78, 5) is -1.02. The average molecular weight is 332 g/mol. The fraction of sp³-hybridized carbons (Fsp3) is 0.455. The van der Waals surface area contributed by atoms with Crippen LogP contribution in [0.15, 0.2) is 17.0 Å².